The van der Waals surface area contributed by atoms with Gasteiger partial charge in [-0.15, -0.1) is 0 Å². The first-order chi connectivity index (χ1) is 6.07. The average Bonchev–Trinajstić information content (AvgIpc) is 2.47. The average molecular weight is 181 g/mol. The Hall–Kier alpha value is -1.38. The molecule has 0 unspecified atom stereocenters. The summed E-state index contributed by atoms with van der Waals surface area (Å²) in [7, 11) is 0. The van der Waals surface area contributed by atoms with Crippen LogP contribution in [0.3, 0.4) is 0 Å². The van der Waals surface area contributed by atoms with Crippen LogP contribution in [-0.2, 0) is 5.92 Å². The lowest BCUT2D eigenvalue weighted by molar-refractivity contribution is 0.0176. The number of fused-ring (bicyclic) bond motifs is 1. The van der Waals surface area contributed by atoms with Crippen LogP contribution < -0.4 is 0 Å². The Kier molecular flexibility index (Phi) is 1.62. The molecule has 0 saturated carbocycles. The van der Waals surface area contributed by atoms with Crippen molar-refractivity contribution >= 4 is 10.9 Å². The Morgan fingerprint density at radius 2 is 2.00 bits per heavy atom. The SMILES string of the molecule is CC(F)(F)c1ccc2[nH]ccc2c1. The van der Waals surface area contributed by atoms with Crippen LogP contribution in [0.25, 0.3) is 10.9 Å². The molecule has 0 saturated heterocycles. The molecule has 0 radical (unpaired) electrons. The third kappa shape index (κ3) is 1.41. The predicted molar refractivity (Wildman–Crippen MR) is 47.9 cm³/mol. The van der Waals surface area contributed by atoms with Crippen molar-refractivity contribution < 1.29 is 8.78 Å². The summed E-state index contributed by atoms with van der Waals surface area (Å²) in [5.74, 6) is -2.76. The summed E-state index contributed by atoms with van der Waals surface area (Å²) < 4.78 is 25.8. The fourth-order valence-corrected chi connectivity index (χ4v) is 1.33. The molecule has 1 aromatic carbocycles. The van der Waals surface area contributed by atoms with E-state index in [1.54, 1.807) is 18.3 Å². The summed E-state index contributed by atoms with van der Waals surface area (Å²) in [4.78, 5) is 2.95. The molecule has 1 nitrogen and oxygen atoms in total. The van der Waals surface area contributed by atoms with E-state index in [-0.39, 0.29) is 5.56 Å². The van der Waals surface area contributed by atoms with Crippen LogP contribution in [0, 0.1) is 0 Å². The van der Waals surface area contributed by atoms with E-state index in [2.05, 4.69) is 4.98 Å². The molecule has 2 aromatic rings. The number of hydrogen-bond acceptors (Lipinski definition) is 0. The fraction of sp³-hybridized carbons (Fsp3) is 0.200. The zero-order valence-electron chi connectivity index (χ0n) is 7.14. The third-order valence-electron chi connectivity index (χ3n) is 2.06. The van der Waals surface area contributed by atoms with Gasteiger partial charge < -0.3 is 4.98 Å². The number of alkyl halides is 2. The molecule has 13 heavy (non-hydrogen) atoms. The molecule has 0 fully saturated rings. The molecule has 1 N–H and O–H groups in total. The van der Waals surface area contributed by atoms with Gasteiger partial charge in [0.25, 0.3) is 5.92 Å². The van der Waals surface area contributed by atoms with E-state index in [9.17, 15) is 8.78 Å². The molecular weight excluding hydrogens is 172 g/mol. The summed E-state index contributed by atoms with van der Waals surface area (Å²) in [5.41, 5.74) is 0.938. The molecular formula is C10H9F2N. The van der Waals surface area contributed by atoms with E-state index in [1.165, 1.54) is 12.1 Å². The molecule has 0 aliphatic heterocycles. The van der Waals surface area contributed by atoms with Gasteiger partial charge >= 0.3 is 0 Å². The minimum atomic E-state index is -2.76. The summed E-state index contributed by atoms with van der Waals surface area (Å²) >= 11 is 0. The predicted octanol–water partition coefficient (Wildman–Crippen LogP) is 3.28. The standard InChI is InChI=1S/C10H9F2N/c1-10(11,12)8-2-3-9-7(6-8)4-5-13-9/h2-6,13H,1H3. The highest BCUT2D eigenvalue weighted by molar-refractivity contribution is 5.80. The molecule has 1 heterocycles. The lowest BCUT2D eigenvalue weighted by Crippen LogP contribution is -2.06. The van der Waals surface area contributed by atoms with Gasteiger partial charge in [0.05, 0.1) is 0 Å². The van der Waals surface area contributed by atoms with Crippen molar-refractivity contribution in [3.63, 3.8) is 0 Å². The number of aromatic amines is 1. The van der Waals surface area contributed by atoms with Crippen LogP contribution in [0.4, 0.5) is 8.78 Å². The number of hydrogen-bond donors (Lipinski definition) is 1. The maximum absolute atomic E-state index is 12.9. The Bertz CT molecular complexity index is 426. The van der Waals surface area contributed by atoms with Crippen molar-refractivity contribution in [2.45, 2.75) is 12.8 Å². The Morgan fingerprint density at radius 3 is 2.69 bits per heavy atom. The second-order valence-corrected chi connectivity index (χ2v) is 3.17. The molecule has 0 aliphatic carbocycles. The maximum atomic E-state index is 12.9. The second-order valence-electron chi connectivity index (χ2n) is 3.17. The third-order valence-corrected chi connectivity index (χ3v) is 2.06. The summed E-state index contributed by atoms with van der Waals surface area (Å²) in [6.07, 6.45) is 1.74. The topological polar surface area (TPSA) is 15.8 Å². The van der Waals surface area contributed by atoms with Gasteiger partial charge in [-0.2, -0.15) is 0 Å². The number of H-pyrrole nitrogens is 1. The molecule has 3 heteroatoms. The fourth-order valence-electron chi connectivity index (χ4n) is 1.33. The van der Waals surface area contributed by atoms with Crippen molar-refractivity contribution in [1.82, 2.24) is 4.98 Å². The van der Waals surface area contributed by atoms with Crippen molar-refractivity contribution in [2.75, 3.05) is 0 Å². The van der Waals surface area contributed by atoms with E-state index in [0.29, 0.717) is 0 Å². The quantitative estimate of drug-likeness (QED) is 0.694. The molecule has 1 aromatic heterocycles. The first-order valence-corrected chi connectivity index (χ1v) is 4.03. The highest BCUT2D eigenvalue weighted by atomic mass is 19.3. The van der Waals surface area contributed by atoms with Gasteiger partial charge in [0.2, 0.25) is 0 Å². The lowest BCUT2D eigenvalue weighted by Gasteiger charge is -2.09. The largest absolute Gasteiger partial charge is 0.361 e. The van der Waals surface area contributed by atoms with E-state index < -0.39 is 5.92 Å². The van der Waals surface area contributed by atoms with Gasteiger partial charge in [-0.3, -0.25) is 0 Å². The number of rotatable bonds is 1. The maximum Gasteiger partial charge on any atom is 0.270 e. The highest BCUT2D eigenvalue weighted by Crippen LogP contribution is 2.28. The van der Waals surface area contributed by atoms with Crippen molar-refractivity contribution in [1.29, 1.82) is 0 Å². The minimum absolute atomic E-state index is 0.0552. The summed E-state index contributed by atoms with van der Waals surface area (Å²) in [5, 5.41) is 0.819. The Balaban J connectivity index is 2.61. The zero-order chi connectivity index (χ0) is 9.47. The molecule has 0 amide bonds. The van der Waals surface area contributed by atoms with E-state index >= 15 is 0 Å². The van der Waals surface area contributed by atoms with Crippen LogP contribution in [0.1, 0.15) is 12.5 Å². The Labute approximate surface area is 74.4 Å². The number of aromatic nitrogens is 1. The molecule has 0 bridgehead atoms. The number of halogens is 2. The van der Waals surface area contributed by atoms with Gasteiger partial charge in [-0.05, 0) is 23.6 Å². The summed E-state index contributed by atoms with van der Waals surface area (Å²) in [6, 6.07) is 6.40. The molecule has 68 valence electrons. The van der Waals surface area contributed by atoms with Gasteiger partial charge in [0.15, 0.2) is 0 Å². The van der Waals surface area contributed by atoms with Crippen LogP contribution in [0.2, 0.25) is 0 Å². The monoisotopic (exact) mass is 181 g/mol. The van der Waals surface area contributed by atoms with Crippen molar-refractivity contribution in [2.24, 2.45) is 0 Å². The van der Waals surface area contributed by atoms with Crippen molar-refractivity contribution in [3.05, 3.63) is 36.0 Å². The van der Waals surface area contributed by atoms with Gasteiger partial charge in [-0.25, -0.2) is 8.78 Å². The first kappa shape index (κ1) is 8.23. The molecule has 0 atom stereocenters. The van der Waals surface area contributed by atoms with Gasteiger partial charge in [-0.1, -0.05) is 6.07 Å². The van der Waals surface area contributed by atoms with Crippen LogP contribution >= 0.6 is 0 Å². The highest BCUT2D eigenvalue weighted by Gasteiger charge is 2.23. The number of benzene rings is 1. The smallest absolute Gasteiger partial charge is 0.270 e. The van der Waals surface area contributed by atoms with E-state index in [4.69, 9.17) is 0 Å². The molecule has 2 rings (SSSR count). The van der Waals surface area contributed by atoms with Crippen LogP contribution in [0.5, 0.6) is 0 Å². The Morgan fingerprint density at radius 1 is 1.23 bits per heavy atom. The van der Waals surface area contributed by atoms with Crippen molar-refractivity contribution in [3.8, 4) is 0 Å². The lowest BCUT2D eigenvalue weighted by atomic mass is 10.1. The second kappa shape index (κ2) is 2.55. The summed E-state index contributed by atoms with van der Waals surface area (Å²) in [6.45, 7) is 0.904. The molecule has 0 spiro atoms. The van der Waals surface area contributed by atoms with Crippen LogP contribution in [-0.4, -0.2) is 4.98 Å². The number of nitrogens with one attached hydrogen (secondary N) is 1. The normalized spacial score (nSPS) is 12.2. The van der Waals surface area contributed by atoms with Gasteiger partial charge in [0, 0.05) is 24.2 Å². The molecule has 0 aliphatic rings. The van der Waals surface area contributed by atoms with Gasteiger partial charge in [0.1, 0.15) is 0 Å². The minimum Gasteiger partial charge on any atom is -0.361 e. The van der Waals surface area contributed by atoms with E-state index in [0.717, 1.165) is 17.8 Å². The van der Waals surface area contributed by atoms with Crippen LogP contribution in [0.15, 0.2) is 30.5 Å². The zero-order valence-corrected chi connectivity index (χ0v) is 7.14. The van der Waals surface area contributed by atoms with E-state index in [1.807, 2.05) is 0 Å². The first-order valence-electron chi connectivity index (χ1n) is 4.03.